The summed E-state index contributed by atoms with van der Waals surface area (Å²) in [5.41, 5.74) is 1.68. The van der Waals surface area contributed by atoms with Crippen LogP contribution in [0.4, 0.5) is 0 Å². The van der Waals surface area contributed by atoms with Crippen LogP contribution in [0.25, 0.3) is 0 Å². The maximum Gasteiger partial charge on any atom is 0.707 e. The molecule has 0 fully saturated rings. The molecule has 1 heterocycles. The van der Waals surface area contributed by atoms with Crippen LogP contribution in [0.5, 0.6) is 5.75 Å². The fourth-order valence-electron chi connectivity index (χ4n) is 1.04. The van der Waals surface area contributed by atoms with Crippen molar-refractivity contribution in [1.82, 2.24) is 4.98 Å². The normalized spacial score (nSPS) is 10.0. The highest BCUT2D eigenvalue weighted by Crippen LogP contribution is 2.15. The van der Waals surface area contributed by atoms with Gasteiger partial charge in [-0.1, -0.05) is 0 Å². The molecule has 5 nitrogen and oxygen atoms in total. The second kappa shape index (κ2) is 4.95. The quantitative estimate of drug-likeness (QED) is 0.658. The van der Waals surface area contributed by atoms with E-state index >= 15 is 0 Å². The number of aryl methyl sites for hydroxylation is 1. The first-order chi connectivity index (χ1) is 6.63. The molecule has 1 rings (SSSR count). The fourth-order valence-corrected chi connectivity index (χ4v) is 1.04. The number of rotatable bonds is 4. The predicted molar refractivity (Wildman–Crippen MR) is 50.5 cm³/mol. The molecular weight excluding hydrogens is 185 g/mol. The summed E-state index contributed by atoms with van der Waals surface area (Å²) in [4.78, 5) is 4.02. The van der Waals surface area contributed by atoms with Gasteiger partial charge in [-0.2, -0.15) is 0 Å². The number of aromatic nitrogens is 1. The fraction of sp³-hybridized carbons (Fsp3) is 0.375. The molecule has 0 aromatic carbocycles. The van der Waals surface area contributed by atoms with Crippen molar-refractivity contribution in [2.24, 2.45) is 0 Å². The van der Waals surface area contributed by atoms with Crippen LogP contribution in [-0.2, 0) is 11.3 Å². The van der Waals surface area contributed by atoms with Gasteiger partial charge in [0, 0.05) is 18.4 Å². The molecule has 0 bridgehead atoms. The molecule has 0 amide bonds. The van der Waals surface area contributed by atoms with E-state index in [2.05, 4.69) is 9.64 Å². The second-order valence-corrected chi connectivity index (χ2v) is 2.79. The molecule has 0 unspecified atom stereocenters. The number of pyridine rings is 1. The van der Waals surface area contributed by atoms with Crippen molar-refractivity contribution in [2.45, 2.75) is 13.5 Å². The standard InChI is InChI=1S/C8H12BNO4/c1-6-7(5-13-2)3-8(4-10-6)14-9(11)12/h3-4,11-12H,5H2,1-2H3. The monoisotopic (exact) mass is 197 g/mol. The van der Waals surface area contributed by atoms with Gasteiger partial charge in [0.05, 0.1) is 12.8 Å². The minimum atomic E-state index is -1.82. The van der Waals surface area contributed by atoms with E-state index in [9.17, 15) is 0 Å². The molecule has 0 aliphatic carbocycles. The minimum absolute atomic E-state index is 0.303. The Balaban J connectivity index is 2.83. The SMILES string of the molecule is COCc1cc(OB(O)O)cnc1C. The average Bonchev–Trinajstić information content (AvgIpc) is 2.10. The molecule has 0 aliphatic heterocycles. The zero-order chi connectivity index (χ0) is 10.6. The van der Waals surface area contributed by atoms with Crippen molar-refractivity contribution in [2.75, 3.05) is 7.11 Å². The van der Waals surface area contributed by atoms with Gasteiger partial charge >= 0.3 is 7.32 Å². The predicted octanol–water partition coefficient (Wildman–Crippen LogP) is -0.115. The third-order valence-corrected chi connectivity index (χ3v) is 1.71. The van der Waals surface area contributed by atoms with Gasteiger partial charge in [-0.15, -0.1) is 0 Å². The average molecular weight is 197 g/mol. The summed E-state index contributed by atoms with van der Waals surface area (Å²) < 4.78 is 9.60. The van der Waals surface area contributed by atoms with Crippen LogP contribution in [-0.4, -0.2) is 29.5 Å². The minimum Gasteiger partial charge on any atom is -0.511 e. The van der Waals surface area contributed by atoms with Crippen LogP contribution in [0.15, 0.2) is 12.3 Å². The van der Waals surface area contributed by atoms with E-state index in [4.69, 9.17) is 14.8 Å². The number of hydrogen-bond acceptors (Lipinski definition) is 5. The van der Waals surface area contributed by atoms with Crippen LogP contribution in [0.3, 0.4) is 0 Å². The van der Waals surface area contributed by atoms with Crippen molar-refractivity contribution in [3.05, 3.63) is 23.5 Å². The van der Waals surface area contributed by atoms with E-state index < -0.39 is 7.32 Å². The zero-order valence-electron chi connectivity index (χ0n) is 8.10. The van der Waals surface area contributed by atoms with Gasteiger partial charge in [-0.25, -0.2) is 0 Å². The van der Waals surface area contributed by atoms with Gasteiger partial charge in [-0.3, -0.25) is 4.98 Å². The van der Waals surface area contributed by atoms with Crippen molar-refractivity contribution >= 4 is 7.32 Å². The lowest BCUT2D eigenvalue weighted by Crippen LogP contribution is -2.20. The van der Waals surface area contributed by atoms with E-state index in [1.165, 1.54) is 6.20 Å². The molecule has 0 spiro atoms. The molecule has 1 aromatic rings. The van der Waals surface area contributed by atoms with E-state index in [1.807, 2.05) is 6.92 Å². The summed E-state index contributed by atoms with van der Waals surface area (Å²) in [6.45, 7) is 2.26. The molecule has 0 saturated heterocycles. The van der Waals surface area contributed by atoms with Crippen molar-refractivity contribution in [1.29, 1.82) is 0 Å². The highest BCUT2D eigenvalue weighted by Gasteiger charge is 2.12. The Kier molecular flexibility index (Phi) is 3.88. The lowest BCUT2D eigenvalue weighted by Gasteiger charge is -2.08. The Hall–Kier alpha value is -1.11. The Morgan fingerprint density at radius 3 is 2.79 bits per heavy atom. The molecule has 76 valence electrons. The second-order valence-electron chi connectivity index (χ2n) is 2.79. The molecule has 2 N–H and O–H groups in total. The summed E-state index contributed by atoms with van der Waals surface area (Å²) in [5.74, 6) is 0.303. The summed E-state index contributed by atoms with van der Waals surface area (Å²) in [6, 6.07) is 1.66. The van der Waals surface area contributed by atoms with Crippen LogP contribution in [0, 0.1) is 6.92 Å². The molecule has 14 heavy (non-hydrogen) atoms. The smallest absolute Gasteiger partial charge is 0.511 e. The van der Waals surface area contributed by atoms with Gasteiger partial charge in [0.2, 0.25) is 0 Å². The molecule has 6 heteroatoms. The summed E-state index contributed by atoms with van der Waals surface area (Å²) >= 11 is 0. The highest BCUT2D eigenvalue weighted by atomic mass is 16.6. The van der Waals surface area contributed by atoms with Crippen molar-refractivity contribution in [3.63, 3.8) is 0 Å². The van der Waals surface area contributed by atoms with Crippen molar-refractivity contribution < 1.29 is 19.4 Å². The van der Waals surface area contributed by atoms with Crippen molar-refractivity contribution in [3.8, 4) is 5.75 Å². The molecule has 1 aromatic heterocycles. The molecular formula is C8H12BNO4. The first-order valence-corrected chi connectivity index (χ1v) is 4.10. The van der Waals surface area contributed by atoms with E-state index in [-0.39, 0.29) is 0 Å². The Bertz CT molecular complexity index is 305. The van der Waals surface area contributed by atoms with Gasteiger partial charge in [0.1, 0.15) is 5.75 Å². The highest BCUT2D eigenvalue weighted by molar-refractivity contribution is 6.33. The maximum absolute atomic E-state index is 8.57. The number of nitrogens with zero attached hydrogens (tertiary/aromatic N) is 1. The maximum atomic E-state index is 8.57. The van der Waals surface area contributed by atoms with Crippen LogP contribution < -0.4 is 4.65 Å². The number of methoxy groups -OCH3 is 1. The summed E-state index contributed by atoms with van der Waals surface area (Å²) in [5, 5.41) is 17.1. The first-order valence-electron chi connectivity index (χ1n) is 4.10. The number of hydrogen-bond donors (Lipinski definition) is 2. The van der Waals surface area contributed by atoms with E-state index in [0.29, 0.717) is 12.4 Å². The zero-order valence-corrected chi connectivity index (χ0v) is 8.10. The molecule has 0 radical (unpaired) electrons. The molecule has 0 atom stereocenters. The Labute approximate surface area is 82.5 Å². The van der Waals surface area contributed by atoms with Gasteiger partial charge < -0.3 is 19.4 Å². The lowest BCUT2D eigenvalue weighted by molar-refractivity contribution is 0.183. The van der Waals surface area contributed by atoms with Gasteiger partial charge in [-0.05, 0) is 13.0 Å². The topological polar surface area (TPSA) is 71.8 Å². The number of ether oxygens (including phenoxy) is 1. The first kappa shape index (κ1) is 11.0. The summed E-state index contributed by atoms with van der Waals surface area (Å²) in [7, 11) is -0.247. The third kappa shape index (κ3) is 2.99. The van der Waals surface area contributed by atoms with Crippen LogP contribution in [0.1, 0.15) is 11.3 Å². The lowest BCUT2D eigenvalue weighted by atomic mass is 10.2. The Morgan fingerprint density at radius 2 is 2.21 bits per heavy atom. The third-order valence-electron chi connectivity index (χ3n) is 1.71. The molecule has 0 saturated carbocycles. The van der Waals surface area contributed by atoms with E-state index in [0.717, 1.165) is 11.3 Å². The van der Waals surface area contributed by atoms with Crippen LogP contribution in [0.2, 0.25) is 0 Å². The van der Waals surface area contributed by atoms with Crippen LogP contribution >= 0.6 is 0 Å². The largest absolute Gasteiger partial charge is 0.707 e. The molecule has 0 aliphatic rings. The summed E-state index contributed by atoms with van der Waals surface area (Å²) in [6.07, 6.45) is 1.42. The van der Waals surface area contributed by atoms with E-state index in [1.54, 1.807) is 13.2 Å². The van der Waals surface area contributed by atoms with Gasteiger partial charge in [0.15, 0.2) is 0 Å². The van der Waals surface area contributed by atoms with Gasteiger partial charge in [0.25, 0.3) is 0 Å². The Morgan fingerprint density at radius 1 is 1.50 bits per heavy atom.